The molecule has 1 heterocycles. The zero-order valence-electron chi connectivity index (χ0n) is 11.5. The Morgan fingerprint density at radius 2 is 2.32 bits per heavy atom. The number of rotatable bonds is 6. The first-order valence-electron chi connectivity index (χ1n) is 7.09. The van der Waals surface area contributed by atoms with Gasteiger partial charge in [-0.25, -0.2) is 0 Å². The van der Waals surface area contributed by atoms with E-state index < -0.39 is 0 Å². The highest BCUT2D eigenvalue weighted by molar-refractivity contribution is 9.10. The van der Waals surface area contributed by atoms with Gasteiger partial charge in [-0.2, -0.15) is 0 Å². The summed E-state index contributed by atoms with van der Waals surface area (Å²) in [5.74, 6) is 0. The quantitative estimate of drug-likeness (QED) is 0.782. The van der Waals surface area contributed by atoms with Crippen LogP contribution in [0.3, 0.4) is 0 Å². The Labute approximate surface area is 129 Å². The van der Waals surface area contributed by atoms with Crippen LogP contribution in [0.15, 0.2) is 22.7 Å². The Morgan fingerprint density at radius 1 is 1.47 bits per heavy atom. The molecule has 1 N–H and O–H groups in total. The normalized spacial score (nSPS) is 20.1. The highest BCUT2D eigenvalue weighted by atomic mass is 79.9. The van der Waals surface area contributed by atoms with Gasteiger partial charge < -0.3 is 5.32 Å². The van der Waals surface area contributed by atoms with E-state index in [9.17, 15) is 0 Å². The van der Waals surface area contributed by atoms with Gasteiger partial charge in [0.1, 0.15) is 0 Å². The van der Waals surface area contributed by atoms with E-state index in [2.05, 4.69) is 45.2 Å². The van der Waals surface area contributed by atoms with Crippen molar-refractivity contribution in [3.8, 4) is 0 Å². The minimum absolute atomic E-state index is 0.659. The first-order chi connectivity index (χ1) is 9.20. The van der Waals surface area contributed by atoms with Crippen molar-refractivity contribution in [1.82, 2.24) is 10.2 Å². The molecule has 0 spiro atoms. The van der Waals surface area contributed by atoms with Crippen molar-refractivity contribution in [2.45, 2.75) is 38.8 Å². The summed E-state index contributed by atoms with van der Waals surface area (Å²) in [5.41, 5.74) is 1.23. The van der Waals surface area contributed by atoms with Crippen LogP contribution < -0.4 is 5.32 Å². The van der Waals surface area contributed by atoms with Gasteiger partial charge in [-0.1, -0.05) is 40.5 Å². The Morgan fingerprint density at radius 3 is 3.05 bits per heavy atom. The lowest BCUT2D eigenvalue weighted by Gasteiger charge is -2.25. The minimum atomic E-state index is 0.659. The summed E-state index contributed by atoms with van der Waals surface area (Å²) < 4.78 is 1.05. The molecule has 1 unspecified atom stereocenters. The van der Waals surface area contributed by atoms with E-state index in [0.717, 1.165) is 29.1 Å². The van der Waals surface area contributed by atoms with Gasteiger partial charge in [0.2, 0.25) is 0 Å². The summed E-state index contributed by atoms with van der Waals surface area (Å²) in [7, 11) is 0. The molecule has 4 heteroatoms. The molecule has 0 radical (unpaired) electrons. The molecule has 106 valence electrons. The maximum atomic E-state index is 6.31. The monoisotopic (exact) mass is 344 g/mol. The van der Waals surface area contributed by atoms with Crippen molar-refractivity contribution >= 4 is 27.5 Å². The molecule has 0 amide bonds. The zero-order valence-corrected chi connectivity index (χ0v) is 13.8. The molecule has 0 bridgehead atoms. The number of nitrogens with one attached hydrogen (secondary N) is 1. The average Bonchev–Trinajstić information content (AvgIpc) is 2.81. The van der Waals surface area contributed by atoms with Crippen LogP contribution in [0.25, 0.3) is 0 Å². The topological polar surface area (TPSA) is 15.3 Å². The van der Waals surface area contributed by atoms with E-state index in [0.29, 0.717) is 6.04 Å². The molecule has 2 nitrogen and oxygen atoms in total. The van der Waals surface area contributed by atoms with Crippen molar-refractivity contribution in [3.63, 3.8) is 0 Å². The van der Waals surface area contributed by atoms with Crippen LogP contribution >= 0.6 is 27.5 Å². The fourth-order valence-electron chi connectivity index (χ4n) is 2.65. The first-order valence-corrected chi connectivity index (χ1v) is 8.26. The van der Waals surface area contributed by atoms with Crippen LogP contribution in [0, 0.1) is 0 Å². The van der Waals surface area contributed by atoms with Crippen molar-refractivity contribution < 1.29 is 0 Å². The molecule has 0 saturated carbocycles. The fraction of sp³-hybridized carbons (Fsp3) is 0.600. The number of benzene rings is 1. The number of likely N-dealkylation sites (tertiary alicyclic amines) is 1. The lowest BCUT2D eigenvalue weighted by molar-refractivity contribution is 0.239. The third kappa shape index (κ3) is 4.45. The van der Waals surface area contributed by atoms with Gasteiger partial charge in [-0.15, -0.1) is 0 Å². The summed E-state index contributed by atoms with van der Waals surface area (Å²) >= 11 is 9.77. The van der Waals surface area contributed by atoms with E-state index in [1.807, 2.05) is 6.07 Å². The molecule has 1 aliphatic heterocycles. The SMILES string of the molecule is CCCNCC1CCCN1Cc1ccc(Br)cc1Cl. The number of hydrogen-bond acceptors (Lipinski definition) is 2. The molecular formula is C15H22BrClN2. The Bertz CT molecular complexity index is 411. The number of nitrogens with zero attached hydrogens (tertiary/aromatic N) is 1. The van der Waals surface area contributed by atoms with Crippen molar-refractivity contribution in [2.24, 2.45) is 0 Å². The molecule has 0 aliphatic carbocycles. The number of hydrogen-bond donors (Lipinski definition) is 1. The largest absolute Gasteiger partial charge is 0.315 e. The smallest absolute Gasteiger partial charge is 0.0462 e. The second kappa shape index (κ2) is 7.63. The van der Waals surface area contributed by atoms with Crippen LogP contribution in [0.4, 0.5) is 0 Å². The molecule has 0 aromatic heterocycles. The van der Waals surface area contributed by atoms with E-state index in [1.54, 1.807) is 0 Å². The van der Waals surface area contributed by atoms with E-state index >= 15 is 0 Å². The summed E-state index contributed by atoms with van der Waals surface area (Å²) in [5, 5.41) is 4.40. The molecule has 1 aromatic rings. The van der Waals surface area contributed by atoms with Gasteiger partial charge in [-0.3, -0.25) is 4.90 Å². The van der Waals surface area contributed by atoms with Crippen LogP contribution in [0.1, 0.15) is 31.7 Å². The first kappa shape index (κ1) is 15.3. The van der Waals surface area contributed by atoms with Crippen molar-refractivity contribution in [3.05, 3.63) is 33.3 Å². The lowest BCUT2D eigenvalue weighted by atomic mass is 10.2. The van der Waals surface area contributed by atoms with Gasteiger partial charge in [-0.05, 0) is 50.0 Å². The maximum Gasteiger partial charge on any atom is 0.0462 e. The van der Waals surface area contributed by atoms with Gasteiger partial charge in [0, 0.05) is 28.6 Å². The second-order valence-corrected chi connectivity index (χ2v) is 6.53. The highest BCUT2D eigenvalue weighted by Gasteiger charge is 2.24. The summed E-state index contributed by atoms with van der Waals surface area (Å²) in [6.45, 7) is 6.57. The van der Waals surface area contributed by atoms with Gasteiger partial charge >= 0.3 is 0 Å². The molecule has 19 heavy (non-hydrogen) atoms. The molecule has 1 atom stereocenters. The minimum Gasteiger partial charge on any atom is -0.315 e. The van der Waals surface area contributed by atoms with Crippen LogP contribution in [-0.2, 0) is 6.54 Å². The molecule has 1 aromatic carbocycles. The van der Waals surface area contributed by atoms with Crippen LogP contribution in [0.2, 0.25) is 5.02 Å². The van der Waals surface area contributed by atoms with Gasteiger partial charge in [0.25, 0.3) is 0 Å². The van der Waals surface area contributed by atoms with Gasteiger partial charge in [0.15, 0.2) is 0 Å². The number of halogens is 2. The van der Waals surface area contributed by atoms with E-state index in [4.69, 9.17) is 11.6 Å². The third-order valence-electron chi connectivity index (χ3n) is 3.69. The van der Waals surface area contributed by atoms with E-state index in [1.165, 1.54) is 31.4 Å². The summed E-state index contributed by atoms with van der Waals surface area (Å²) in [6.07, 6.45) is 3.79. The van der Waals surface area contributed by atoms with Crippen LogP contribution in [-0.4, -0.2) is 30.6 Å². The van der Waals surface area contributed by atoms with Crippen molar-refractivity contribution in [2.75, 3.05) is 19.6 Å². The lowest BCUT2D eigenvalue weighted by Crippen LogP contribution is -2.37. The van der Waals surface area contributed by atoms with Gasteiger partial charge in [0.05, 0.1) is 0 Å². The average molecular weight is 346 g/mol. The zero-order chi connectivity index (χ0) is 13.7. The van der Waals surface area contributed by atoms with Crippen LogP contribution in [0.5, 0.6) is 0 Å². The summed E-state index contributed by atoms with van der Waals surface area (Å²) in [4.78, 5) is 2.55. The Hall–Kier alpha value is -0.0900. The highest BCUT2D eigenvalue weighted by Crippen LogP contribution is 2.26. The standard InChI is InChI=1S/C15H22BrClN2/c1-2-7-18-10-14-4-3-8-19(14)11-12-5-6-13(16)9-15(12)17/h5-6,9,14,18H,2-4,7-8,10-11H2,1H3. The Kier molecular flexibility index (Phi) is 6.14. The second-order valence-electron chi connectivity index (χ2n) is 5.21. The molecule has 1 saturated heterocycles. The molecule has 1 fully saturated rings. The molecule has 1 aliphatic rings. The Balaban J connectivity index is 1.93. The third-order valence-corrected chi connectivity index (χ3v) is 4.54. The molecular weight excluding hydrogens is 324 g/mol. The van der Waals surface area contributed by atoms with E-state index in [-0.39, 0.29) is 0 Å². The summed E-state index contributed by atoms with van der Waals surface area (Å²) in [6, 6.07) is 6.84. The fourth-order valence-corrected chi connectivity index (χ4v) is 3.38. The predicted octanol–water partition coefficient (Wildman–Crippen LogP) is 4.07. The maximum absolute atomic E-state index is 6.31. The predicted molar refractivity (Wildman–Crippen MR) is 85.7 cm³/mol. The van der Waals surface area contributed by atoms with Crippen molar-refractivity contribution in [1.29, 1.82) is 0 Å². The molecule has 2 rings (SSSR count).